The van der Waals surface area contributed by atoms with Crippen molar-refractivity contribution in [1.82, 2.24) is 9.80 Å². The zero-order valence-corrected chi connectivity index (χ0v) is 11.2. The van der Waals surface area contributed by atoms with Crippen molar-refractivity contribution in [3.8, 4) is 0 Å². The second-order valence-electron chi connectivity index (χ2n) is 5.21. The molecule has 1 atom stereocenters. The van der Waals surface area contributed by atoms with Crippen LogP contribution in [0.5, 0.6) is 0 Å². The summed E-state index contributed by atoms with van der Waals surface area (Å²) in [5.74, 6) is -0.825. The highest BCUT2D eigenvalue weighted by atomic mass is 16.5. The summed E-state index contributed by atoms with van der Waals surface area (Å²) in [6.07, 6.45) is 2.88. The number of amides is 1. The third-order valence-corrected chi connectivity index (χ3v) is 3.80. The first kappa shape index (κ1) is 14.3. The summed E-state index contributed by atoms with van der Waals surface area (Å²) in [5.41, 5.74) is 0. The lowest BCUT2D eigenvalue weighted by Gasteiger charge is -2.35. The van der Waals surface area contributed by atoms with E-state index in [1.807, 2.05) is 0 Å². The maximum Gasteiger partial charge on any atom is 0.305 e. The Bertz CT molecular complexity index is 329. The van der Waals surface area contributed by atoms with Crippen LogP contribution in [0.15, 0.2) is 0 Å². The van der Waals surface area contributed by atoms with Gasteiger partial charge < -0.3 is 19.6 Å². The summed E-state index contributed by atoms with van der Waals surface area (Å²) in [4.78, 5) is 27.0. The molecule has 6 nitrogen and oxygen atoms in total. The van der Waals surface area contributed by atoms with Crippen LogP contribution < -0.4 is 0 Å². The molecule has 1 unspecified atom stereocenters. The van der Waals surface area contributed by atoms with Crippen LogP contribution in [0.4, 0.5) is 0 Å². The molecule has 2 fully saturated rings. The van der Waals surface area contributed by atoms with Crippen molar-refractivity contribution in [3.05, 3.63) is 0 Å². The van der Waals surface area contributed by atoms with E-state index in [4.69, 9.17) is 9.84 Å². The Balaban J connectivity index is 1.82. The smallest absolute Gasteiger partial charge is 0.305 e. The van der Waals surface area contributed by atoms with Crippen LogP contribution in [0.2, 0.25) is 0 Å². The Morgan fingerprint density at radius 2 is 1.95 bits per heavy atom. The first-order valence-electron chi connectivity index (χ1n) is 6.98. The maximum atomic E-state index is 12.2. The number of carboxylic acid groups (broad SMARTS) is 1. The number of likely N-dealkylation sites (tertiary alicyclic amines) is 1. The summed E-state index contributed by atoms with van der Waals surface area (Å²) in [7, 11) is 0. The predicted octanol–water partition coefficient (Wildman–Crippen LogP) is 0.174. The highest BCUT2D eigenvalue weighted by molar-refractivity contribution is 5.78. The molecule has 0 spiro atoms. The number of carbonyl (C=O) groups excluding carboxylic acids is 1. The standard InChI is InChI=1S/C13H22N2O4/c16-12(3-6-14-4-1-2-5-14)15-7-8-19-10-11(15)9-13(17)18/h11H,1-10H2,(H,17,18). The molecule has 0 bridgehead atoms. The zero-order chi connectivity index (χ0) is 13.7. The van der Waals surface area contributed by atoms with E-state index < -0.39 is 5.97 Å². The minimum absolute atomic E-state index is 0.0323. The number of aliphatic carboxylic acids is 1. The molecule has 108 valence electrons. The molecular weight excluding hydrogens is 248 g/mol. The van der Waals surface area contributed by atoms with Crippen LogP contribution in [0.1, 0.15) is 25.7 Å². The number of ether oxygens (including phenoxy) is 1. The maximum absolute atomic E-state index is 12.2. The number of hydrogen-bond donors (Lipinski definition) is 1. The second-order valence-corrected chi connectivity index (χ2v) is 5.21. The fourth-order valence-electron chi connectivity index (χ4n) is 2.76. The normalized spacial score (nSPS) is 24.6. The van der Waals surface area contributed by atoms with Crippen molar-refractivity contribution in [1.29, 1.82) is 0 Å². The van der Waals surface area contributed by atoms with Crippen molar-refractivity contribution >= 4 is 11.9 Å². The minimum atomic E-state index is -0.882. The van der Waals surface area contributed by atoms with Crippen LogP contribution in [0.25, 0.3) is 0 Å². The Hall–Kier alpha value is -1.14. The molecule has 6 heteroatoms. The van der Waals surface area contributed by atoms with E-state index in [1.165, 1.54) is 12.8 Å². The van der Waals surface area contributed by atoms with Gasteiger partial charge in [0, 0.05) is 19.5 Å². The van der Waals surface area contributed by atoms with Crippen molar-refractivity contribution < 1.29 is 19.4 Å². The number of morpholine rings is 1. The lowest BCUT2D eigenvalue weighted by Crippen LogP contribution is -2.50. The fraction of sp³-hybridized carbons (Fsp3) is 0.846. The Kier molecular flexibility index (Phi) is 5.15. The molecule has 1 N–H and O–H groups in total. The summed E-state index contributed by atoms with van der Waals surface area (Å²) in [6, 6.07) is -0.308. The van der Waals surface area contributed by atoms with Gasteiger partial charge in [0.05, 0.1) is 25.7 Å². The largest absolute Gasteiger partial charge is 0.481 e. The summed E-state index contributed by atoms with van der Waals surface area (Å²) < 4.78 is 5.27. The lowest BCUT2D eigenvalue weighted by atomic mass is 10.1. The SMILES string of the molecule is O=C(O)CC1COCCN1C(=O)CCN1CCCC1. The molecule has 2 rings (SSSR count). The lowest BCUT2D eigenvalue weighted by molar-refractivity contribution is -0.146. The molecule has 0 saturated carbocycles. The van der Waals surface area contributed by atoms with Crippen LogP contribution in [0, 0.1) is 0 Å². The van der Waals surface area contributed by atoms with Crippen molar-refractivity contribution in [3.63, 3.8) is 0 Å². The molecule has 2 heterocycles. The monoisotopic (exact) mass is 270 g/mol. The molecule has 19 heavy (non-hydrogen) atoms. The number of carbonyl (C=O) groups is 2. The molecule has 0 aromatic rings. The second kappa shape index (κ2) is 6.86. The molecule has 0 radical (unpaired) electrons. The summed E-state index contributed by atoms with van der Waals surface area (Å²) in [6.45, 7) is 4.30. The summed E-state index contributed by atoms with van der Waals surface area (Å²) in [5, 5.41) is 8.87. The Morgan fingerprint density at radius 3 is 2.63 bits per heavy atom. The summed E-state index contributed by atoms with van der Waals surface area (Å²) >= 11 is 0. The van der Waals surface area contributed by atoms with E-state index in [1.54, 1.807) is 4.90 Å². The molecule has 1 amide bonds. The molecular formula is C13H22N2O4. The number of rotatable bonds is 5. The van der Waals surface area contributed by atoms with E-state index in [2.05, 4.69) is 4.90 Å². The predicted molar refractivity (Wildman–Crippen MR) is 68.9 cm³/mol. The average Bonchev–Trinajstić information content (AvgIpc) is 2.89. The van der Waals surface area contributed by atoms with Gasteiger partial charge in [0.15, 0.2) is 0 Å². The molecule has 0 aliphatic carbocycles. The fourth-order valence-corrected chi connectivity index (χ4v) is 2.76. The number of nitrogens with zero attached hydrogens (tertiary/aromatic N) is 2. The van der Waals surface area contributed by atoms with Gasteiger partial charge in [-0.3, -0.25) is 9.59 Å². The molecule has 2 saturated heterocycles. The van der Waals surface area contributed by atoms with E-state index >= 15 is 0 Å². The van der Waals surface area contributed by atoms with Gasteiger partial charge in [-0.2, -0.15) is 0 Å². The first-order chi connectivity index (χ1) is 9.16. The van der Waals surface area contributed by atoms with Gasteiger partial charge in [0.25, 0.3) is 0 Å². The third-order valence-electron chi connectivity index (χ3n) is 3.80. The topological polar surface area (TPSA) is 70.1 Å². The number of hydrogen-bond acceptors (Lipinski definition) is 4. The molecule has 0 aromatic heterocycles. The van der Waals surface area contributed by atoms with Crippen LogP contribution in [0.3, 0.4) is 0 Å². The average molecular weight is 270 g/mol. The van der Waals surface area contributed by atoms with E-state index in [-0.39, 0.29) is 18.4 Å². The van der Waals surface area contributed by atoms with E-state index in [9.17, 15) is 9.59 Å². The molecule has 2 aliphatic rings. The van der Waals surface area contributed by atoms with Gasteiger partial charge in [-0.05, 0) is 25.9 Å². The van der Waals surface area contributed by atoms with Crippen molar-refractivity contribution in [2.45, 2.75) is 31.7 Å². The highest BCUT2D eigenvalue weighted by Crippen LogP contribution is 2.14. The molecule has 0 aromatic carbocycles. The van der Waals surface area contributed by atoms with Crippen LogP contribution >= 0.6 is 0 Å². The van der Waals surface area contributed by atoms with Gasteiger partial charge in [0.2, 0.25) is 5.91 Å². The van der Waals surface area contributed by atoms with E-state index in [0.29, 0.717) is 26.2 Å². The van der Waals surface area contributed by atoms with Crippen molar-refractivity contribution in [2.24, 2.45) is 0 Å². The first-order valence-corrected chi connectivity index (χ1v) is 6.98. The van der Waals surface area contributed by atoms with Gasteiger partial charge in [-0.1, -0.05) is 0 Å². The van der Waals surface area contributed by atoms with Gasteiger partial charge in [-0.15, -0.1) is 0 Å². The Morgan fingerprint density at radius 1 is 1.21 bits per heavy atom. The zero-order valence-electron chi connectivity index (χ0n) is 11.2. The number of carboxylic acids is 1. The highest BCUT2D eigenvalue weighted by Gasteiger charge is 2.29. The van der Waals surface area contributed by atoms with Crippen LogP contribution in [-0.2, 0) is 14.3 Å². The van der Waals surface area contributed by atoms with Crippen molar-refractivity contribution in [2.75, 3.05) is 39.4 Å². The van der Waals surface area contributed by atoms with E-state index in [0.717, 1.165) is 19.6 Å². The van der Waals surface area contributed by atoms with Gasteiger partial charge in [-0.25, -0.2) is 0 Å². The van der Waals surface area contributed by atoms with Crippen LogP contribution in [-0.4, -0.2) is 72.2 Å². The molecule has 2 aliphatic heterocycles. The quantitative estimate of drug-likeness (QED) is 0.771. The third kappa shape index (κ3) is 4.18. The van der Waals surface area contributed by atoms with Gasteiger partial charge >= 0.3 is 5.97 Å². The van der Waals surface area contributed by atoms with Gasteiger partial charge in [0.1, 0.15) is 0 Å². The minimum Gasteiger partial charge on any atom is -0.481 e. The Labute approximate surface area is 113 Å².